The number of methoxy groups -OCH3 is 1. The van der Waals surface area contributed by atoms with E-state index in [0.717, 1.165) is 16.4 Å². The topological polar surface area (TPSA) is 178 Å². The molecule has 2 aromatic heterocycles. The Hall–Kier alpha value is -4.00. The van der Waals surface area contributed by atoms with E-state index in [0.29, 0.717) is 16.5 Å². The first kappa shape index (κ1) is 23.7. The van der Waals surface area contributed by atoms with Gasteiger partial charge in [-0.2, -0.15) is 10.5 Å². The van der Waals surface area contributed by atoms with Gasteiger partial charge in [-0.25, -0.2) is 4.98 Å². The quantitative estimate of drug-likeness (QED) is 0.385. The number of carbonyl (C=O) groups excluding carboxylic acids is 1. The number of aromatic nitrogens is 3. The molecule has 0 spiro atoms. The maximum atomic E-state index is 12.7. The molecule has 3 N–H and O–H groups in total. The zero-order valence-electron chi connectivity index (χ0n) is 17.5. The Balaban J connectivity index is 1.97. The van der Waals surface area contributed by atoms with E-state index >= 15 is 0 Å². The molecule has 0 radical (unpaired) electrons. The highest BCUT2D eigenvalue weighted by Crippen LogP contribution is 2.38. The number of nitrogens with one attached hydrogen (secondary N) is 1. The number of nitrogens with two attached hydrogens (primary N) is 1. The molecule has 2 heterocycles. The lowest BCUT2D eigenvalue weighted by Gasteiger charge is -2.15. The molecule has 1 amide bonds. The van der Waals surface area contributed by atoms with Gasteiger partial charge in [-0.05, 0) is 25.1 Å². The fourth-order valence-electron chi connectivity index (χ4n) is 2.91. The number of nitrogen functional groups attached to an aromatic ring is 1. The summed E-state index contributed by atoms with van der Waals surface area (Å²) in [6.07, 6.45) is 0. The van der Waals surface area contributed by atoms with Crippen LogP contribution in [0.1, 0.15) is 18.1 Å². The molecule has 0 fully saturated rings. The highest BCUT2D eigenvalue weighted by atomic mass is 35.5. The molecule has 1 aromatic carbocycles. The average molecular weight is 486 g/mol. The van der Waals surface area contributed by atoms with Crippen LogP contribution in [0.5, 0.6) is 11.7 Å². The summed E-state index contributed by atoms with van der Waals surface area (Å²) in [5, 5.41) is 37.4. The van der Waals surface area contributed by atoms with E-state index in [1.54, 1.807) is 19.1 Å². The molecule has 0 saturated heterocycles. The van der Waals surface area contributed by atoms with Gasteiger partial charge in [0, 0.05) is 5.69 Å². The van der Waals surface area contributed by atoms with Crippen LogP contribution in [0, 0.1) is 22.7 Å². The van der Waals surface area contributed by atoms with Crippen LogP contribution in [0.2, 0.25) is 5.02 Å². The van der Waals surface area contributed by atoms with Gasteiger partial charge < -0.3 is 25.4 Å². The third-order valence-corrected chi connectivity index (χ3v) is 5.87. The van der Waals surface area contributed by atoms with Gasteiger partial charge >= 0.3 is 0 Å². The Morgan fingerprint density at radius 3 is 2.64 bits per heavy atom. The van der Waals surface area contributed by atoms with Gasteiger partial charge in [0.05, 0.1) is 33.8 Å². The van der Waals surface area contributed by atoms with E-state index in [1.807, 2.05) is 12.1 Å². The molecular formula is C20H16ClN7O4S. The number of aryl methyl sites for hydroxylation is 1. The molecule has 0 aliphatic rings. The number of thioether (sulfide) groups is 1. The molecule has 11 nitrogen and oxygen atoms in total. The zero-order valence-corrected chi connectivity index (χ0v) is 19.1. The molecule has 13 heteroatoms. The third-order valence-electron chi connectivity index (χ3n) is 4.49. The fraction of sp³-hybridized carbons (Fsp3) is 0.200. The van der Waals surface area contributed by atoms with Gasteiger partial charge in [0.1, 0.15) is 34.3 Å². The molecule has 1 unspecified atom stereocenters. The first-order valence-electron chi connectivity index (χ1n) is 9.19. The van der Waals surface area contributed by atoms with Gasteiger partial charge in [0.2, 0.25) is 5.91 Å². The standard InChI is InChI=1S/C20H16ClN7O4S/c1-9(18(29)25-10-4-5-14(31-3)13(21)6-10)33-19-12(8-23)15(11(7-22)17(24)26-19)16-20(30)32-27-28(16)2/h4-6,9H,1-3H3,(H3-,24,25,26,27,29,30). The number of carbonyl (C=O) groups is 1. The minimum absolute atomic E-state index is 0.0571. The molecule has 3 aromatic rings. The van der Waals surface area contributed by atoms with E-state index in [1.165, 1.54) is 20.2 Å². The van der Waals surface area contributed by atoms with Crippen LogP contribution in [-0.4, -0.2) is 28.5 Å². The molecule has 0 saturated carbocycles. The van der Waals surface area contributed by atoms with Crippen molar-refractivity contribution in [2.24, 2.45) is 7.05 Å². The van der Waals surface area contributed by atoms with Crippen LogP contribution in [0.25, 0.3) is 11.3 Å². The summed E-state index contributed by atoms with van der Waals surface area (Å²) in [5.74, 6) is -1.00. The Labute approximate surface area is 197 Å². The van der Waals surface area contributed by atoms with Crippen LogP contribution in [-0.2, 0) is 11.8 Å². The van der Waals surface area contributed by atoms with Gasteiger partial charge in [-0.3, -0.25) is 4.79 Å². The number of halogens is 1. The smallest absolute Gasteiger partial charge is 0.266 e. The number of anilines is 2. The number of nitriles is 2. The second-order valence-corrected chi connectivity index (χ2v) is 8.32. The first-order valence-corrected chi connectivity index (χ1v) is 10.5. The summed E-state index contributed by atoms with van der Waals surface area (Å²) in [5.41, 5.74) is 5.91. The monoisotopic (exact) mass is 485 g/mol. The van der Waals surface area contributed by atoms with Crippen LogP contribution in [0.3, 0.4) is 0 Å². The third kappa shape index (κ3) is 4.62. The molecule has 0 aliphatic carbocycles. The number of rotatable bonds is 6. The van der Waals surface area contributed by atoms with Crippen molar-refractivity contribution < 1.29 is 23.8 Å². The van der Waals surface area contributed by atoms with Gasteiger partial charge in [0.25, 0.3) is 5.69 Å². The summed E-state index contributed by atoms with van der Waals surface area (Å²) in [7, 11) is 2.90. The average Bonchev–Trinajstić information content (AvgIpc) is 3.11. The number of ether oxygens (including phenoxy) is 1. The lowest BCUT2D eigenvalue weighted by atomic mass is 10.0. The van der Waals surface area contributed by atoms with Crippen LogP contribution in [0.4, 0.5) is 11.5 Å². The lowest BCUT2D eigenvalue weighted by Crippen LogP contribution is -2.32. The van der Waals surface area contributed by atoms with Crippen LogP contribution >= 0.6 is 23.4 Å². The largest absolute Gasteiger partial charge is 0.539 e. The number of benzene rings is 1. The van der Waals surface area contributed by atoms with Gasteiger partial charge in [0.15, 0.2) is 13.0 Å². The second-order valence-electron chi connectivity index (χ2n) is 6.58. The van der Waals surface area contributed by atoms with E-state index < -0.39 is 17.1 Å². The van der Waals surface area contributed by atoms with E-state index in [-0.39, 0.29) is 33.2 Å². The summed E-state index contributed by atoms with van der Waals surface area (Å²) in [4.78, 5) is 16.9. The van der Waals surface area contributed by atoms with E-state index in [9.17, 15) is 20.4 Å². The highest BCUT2D eigenvalue weighted by Gasteiger charge is 2.30. The van der Waals surface area contributed by atoms with Crippen molar-refractivity contribution >= 4 is 40.8 Å². The minimum Gasteiger partial charge on any atom is -0.539 e. The summed E-state index contributed by atoms with van der Waals surface area (Å²) < 4.78 is 10.8. The number of pyridine rings is 1. The zero-order chi connectivity index (χ0) is 24.3. The van der Waals surface area contributed by atoms with E-state index in [2.05, 4.69) is 20.1 Å². The molecule has 168 valence electrons. The number of nitrogens with zero attached hydrogens (tertiary/aromatic N) is 5. The Morgan fingerprint density at radius 2 is 2.09 bits per heavy atom. The van der Waals surface area contributed by atoms with Crippen molar-refractivity contribution in [2.45, 2.75) is 17.2 Å². The minimum atomic E-state index is -0.853. The molecule has 33 heavy (non-hydrogen) atoms. The number of hydrogen-bond donors (Lipinski definition) is 2. The maximum Gasteiger partial charge on any atom is 0.266 e. The summed E-state index contributed by atoms with van der Waals surface area (Å²) in [6, 6.07) is 8.58. The first-order chi connectivity index (χ1) is 15.7. The van der Waals surface area contributed by atoms with Crippen molar-refractivity contribution in [3.63, 3.8) is 0 Å². The molecule has 1 atom stereocenters. The molecule has 0 aliphatic heterocycles. The van der Waals surface area contributed by atoms with Crippen molar-refractivity contribution in [3.05, 3.63) is 34.3 Å². The Morgan fingerprint density at radius 1 is 1.39 bits per heavy atom. The molecule has 0 bridgehead atoms. The fourth-order valence-corrected chi connectivity index (χ4v) is 4.08. The van der Waals surface area contributed by atoms with Crippen molar-refractivity contribution in [1.29, 1.82) is 10.5 Å². The van der Waals surface area contributed by atoms with Crippen LogP contribution in [0.15, 0.2) is 27.7 Å². The normalized spacial score (nSPS) is 11.3. The van der Waals surface area contributed by atoms with Crippen molar-refractivity contribution in [3.8, 4) is 35.1 Å². The predicted molar refractivity (Wildman–Crippen MR) is 116 cm³/mol. The Kier molecular flexibility index (Phi) is 6.92. The van der Waals surface area contributed by atoms with Crippen molar-refractivity contribution in [2.75, 3.05) is 18.2 Å². The highest BCUT2D eigenvalue weighted by molar-refractivity contribution is 8.00. The SMILES string of the molecule is COc1ccc(NC(=O)C(C)Sc2nc(N)c(C#N)c(-c3c([O-])on[n+]3C)c2C#N)cc1Cl. The lowest BCUT2D eigenvalue weighted by molar-refractivity contribution is -0.730. The van der Waals surface area contributed by atoms with Crippen LogP contribution < -0.4 is 25.6 Å². The summed E-state index contributed by atoms with van der Waals surface area (Å²) >= 11 is 7.03. The number of amides is 1. The predicted octanol–water partition coefficient (Wildman–Crippen LogP) is 1.74. The summed E-state index contributed by atoms with van der Waals surface area (Å²) in [6.45, 7) is 1.60. The Bertz CT molecular complexity index is 1310. The number of hydrogen-bond acceptors (Lipinski definition) is 10. The van der Waals surface area contributed by atoms with Gasteiger partial charge in [-0.1, -0.05) is 28.0 Å². The van der Waals surface area contributed by atoms with Crippen molar-refractivity contribution in [1.82, 2.24) is 10.3 Å². The molecule has 3 rings (SSSR count). The van der Waals surface area contributed by atoms with E-state index in [4.69, 9.17) is 22.1 Å². The second kappa shape index (κ2) is 9.65. The molecular weight excluding hydrogens is 470 g/mol. The van der Waals surface area contributed by atoms with Gasteiger partial charge in [-0.15, -0.1) is 0 Å². The maximum absolute atomic E-state index is 12.7.